The van der Waals surface area contributed by atoms with Gasteiger partial charge in [0.1, 0.15) is 5.75 Å². The summed E-state index contributed by atoms with van der Waals surface area (Å²) in [6.45, 7) is 2.31. The molecule has 0 aliphatic carbocycles. The summed E-state index contributed by atoms with van der Waals surface area (Å²) in [5, 5.41) is 0. The first-order valence-corrected chi connectivity index (χ1v) is 7.05. The molecule has 0 bridgehead atoms. The van der Waals surface area contributed by atoms with Crippen LogP contribution < -0.4 is 10.5 Å². The lowest BCUT2D eigenvalue weighted by Gasteiger charge is -2.14. The van der Waals surface area contributed by atoms with Gasteiger partial charge in [-0.05, 0) is 38.9 Å². The zero-order valence-electron chi connectivity index (χ0n) is 10.9. The lowest BCUT2D eigenvalue weighted by molar-refractivity contribution is 0.279. The highest BCUT2D eigenvalue weighted by Crippen LogP contribution is 2.28. The molecule has 0 aliphatic heterocycles. The van der Waals surface area contributed by atoms with E-state index in [0.29, 0.717) is 6.54 Å². The van der Waals surface area contributed by atoms with Crippen LogP contribution in [0.25, 0.3) is 0 Å². The van der Waals surface area contributed by atoms with Crippen LogP contribution >= 0.6 is 11.8 Å². The van der Waals surface area contributed by atoms with Gasteiger partial charge in [-0.3, -0.25) is 0 Å². The Morgan fingerprint density at radius 3 is 2.71 bits per heavy atom. The summed E-state index contributed by atoms with van der Waals surface area (Å²) in [7, 11) is 4.14. The fourth-order valence-electron chi connectivity index (χ4n) is 1.64. The maximum atomic E-state index is 5.80. The minimum Gasteiger partial charge on any atom is -0.493 e. The maximum Gasteiger partial charge on any atom is 0.124 e. The molecule has 0 aromatic heterocycles. The van der Waals surface area contributed by atoms with Crippen LogP contribution in [0.15, 0.2) is 23.1 Å². The van der Waals surface area contributed by atoms with Gasteiger partial charge in [0.05, 0.1) is 6.61 Å². The van der Waals surface area contributed by atoms with E-state index in [0.717, 1.165) is 30.9 Å². The van der Waals surface area contributed by atoms with E-state index in [1.54, 1.807) is 11.8 Å². The lowest BCUT2D eigenvalue weighted by atomic mass is 10.2. The molecule has 0 amide bonds. The number of nitrogens with two attached hydrogens (primary N) is 1. The van der Waals surface area contributed by atoms with Crippen molar-refractivity contribution in [2.75, 3.05) is 33.5 Å². The second-order valence-electron chi connectivity index (χ2n) is 4.15. The van der Waals surface area contributed by atoms with E-state index in [4.69, 9.17) is 10.5 Å². The van der Waals surface area contributed by atoms with Crippen molar-refractivity contribution >= 4 is 11.8 Å². The van der Waals surface area contributed by atoms with Crippen molar-refractivity contribution in [3.8, 4) is 5.75 Å². The van der Waals surface area contributed by atoms with Gasteiger partial charge in [-0.15, -0.1) is 11.8 Å². The predicted molar refractivity (Wildman–Crippen MR) is 74.8 cm³/mol. The van der Waals surface area contributed by atoms with Gasteiger partial charge in [-0.1, -0.05) is 6.07 Å². The molecule has 0 atom stereocenters. The van der Waals surface area contributed by atoms with E-state index in [9.17, 15) is 0 Å². The summed E-state index contributed by atoms with van der Waals surface area (Å²) in [5.41, 5.74) is 6.89. The van der Waals surface area contributed by atoms with E-state index in [2.05, 4.69) is 31.3 Å². The molecule has 0 heterocycles. The average molecular weight is 254 g/mol. The van der Waals surface area contributed by atoms with Crippen molar-refractivity contribution in [1.29, 1.82) is 0 Å². The number of rotatable bonds is 7. The van der Waals surface area contributed by atoms with E-state index in [1.165, 1.54) is 4.90 Å². The first-order chi connectivity index (χ1) is 8.19. The highest BCUT2D eigenvalue weighted by atomic mass is 32.2. The van der Waals surface area contributed by atoms with E-state index >= 15 is 0 Å². The molecular weight excluding hydrogens is 232 g/mol. The molecule has 1 rings (SSSR count). The summed E-state index contributed by atoms with van der Waals surface area (Å²) >= 11 is 1.71. The number of hydrogen-bond donors (Lipinski definition) is 1. The van der Waals surface area contributed by atoms with Crippen molar-refractivity contribution < 1.29 is 4.74 Å². The second kappa shape index (κ2) is 7.58. The number of benzene rings is 1. The topological polar surface area (TPSA) is 38.5 Å². The van der Waals surface area contributed by atoms with Gasteiger partial charge in [0.2, 0.25) is 0 Å². The molecule has 4 heteroatoms. The fraction of sp³-hybridized carbons (Fsp3) is 0.538. The minimum absolute atomic E-state index is 0.528. The molecule has 0 aliphatic rings. The third-order valence-corrected chi connectivity index (χ3v) is 3.34. The van der Waals surface area contributed by atoms with Gasteiger partial charge < -0.3 is 15.4 Å². The van der Waals surface area contributed by atoms with Crippen molar-refractivity contribution in [3.05, 3.63) is 23.8 Å². The lowest BCUT2D eigenvalue weighted by Crippen LogP contribution is -2.16. The Kier molecular flexibility index (Phi) is 6.40. The Labute approximate surface area is 108 Å². The molecule has 3 nitrogen and oxygen atoms in total. The summed E-state index contributed by atoms with van der Waals surface area (Å²) < 4.78 is 5.80. The van der Waals surface area contributed by atoms with Gasteiger partial charge in [0, 0.05) is 23.5 Å². The van der Waals surface area contributed by atoms with Gasteiger partial charge in [-0.2, -0.15) is 0 Å². The SMILES string of the molecule is CSc1cccc(OCCCN(C)C)c1CN. The predicted octanol–water partition coefficient (Wildman–Crippen LogP) is 2.20. The van der Waals surface area contributed by atoms with Gasteiger partial charge in [-0.25, -0.2) is 0 Å². The zero-order valence-corrected chi connectivity index (χ0v) is 11.7. The molecule has 2 N–H and O–H groups in total. The van der Waals surface area contributed by atoms with E-state index in [1.807, 2.05) is 12.1 Å². The smallest absolute Gasteiger partial charge is 0.124 e. The fourth-order valence-corrected chi connectivity index (χ4v) is 2.28. The Bertz CT molecular complexity index is 342. The Balaban J connectivity index is 2.58. The normalized spacial score (nSPS) is 10.9. The van der Waals surface area contributed by atoms with Gasteiger partial charge >= 0.3 is 0 Å². The zero-order chi connectivity index (χ0) is 12.7. The maximum absolute atomic E-state index is 5.80. The first kappa shape index (κ1) is 14.4. The quantitative estimate of drug-likeness (QED) is 0.598. The summed E-state index contributed by atoms with van der Waals surface area (Å²) in [4.78, 5) is 3.36. The van der Waals surface area contributed by atoms with Crippen LogP contribution in [0.3, 0.4) is 0 Å². The molecule has 1 aromatic rings. The van der Waals surface area contributed by atoms with E-state index < -0.39 is 0 Å². The average Bonchev–Trinajstić information content (AvgIpc) is 2.33. The van der Waals surface area contributed by atoms with Crippen molar-refractivity contribution in [1.82, 2.24) is 4.90 Å². The largest absolute Gasteiger partial charge is 0.493 e. The number of nitrogens with zero attached hydrogens (tertiary/aromatic N) is 1. The van der Waals surface area contributed by atoms with E-state index in [-0.39, 0.29) is 0 Å². The second-order valence-corrected chi connectivity index (χ2v) is 4.99. The summed E-state index contributed by atoms with van der Waals surface area (Å²) in [5.74, 6) is 0.929. The van der Waals surface area contributed by atoms with Gasteiger partial charge in [0.25, 0.3) is 0 Å². The minimum atomic E-state index is 0.528. The number of hydrogen-bond acceptors (Lipinski definition) is 4. The van der Waals surface area contributed by atoms with Crippen molar-refractivity contribution in [3.63, 3.8) is 0 Å². The Morgan fingerprint density at radius 1 is 1.35 bits per heavy atom. The molecule has 1 aromatic carbocycles. The van der Waals surface area contributed by atoms with Crippen molar-refractivity contribution in [2.24, 2.45) is 5.73 Å². The first-order valence-electron chi connectivity index (χ1n) is 5.82. The molecule has 0 saturated carbocycles. The van der Waals surface area contributed by atoms with Crippen LogP contribution in [0.5, 0.6) is 5.75 Å². The van der Waals surface area contributed by atoms with Crippen LogP contribution in [0.1, 0.15) is 12.0 Å². The molecule has 0 unspecified atom stereocenters. The van der Waals surface area contributed by atoms with Crippen LogP contribution in [0.2, 0.25) is 0 Å². The summed E-state index contributed by atoms with van der Waals surface area (Å²) in [6.07, 6.45) is 3.09. The molecular formula is C13H22N2OS. The highest BCUT2D eigenvalue weighted by molar-refractivity contribution is 7.98. The number of ether oxygens (including phenoxy) is 1. The van der Waals surface area contributed by atoms with Crippen LogP contribution in [0, 0.1) is 0 Å². The molecule has 0 radical (unpaired) electrons. The van der Waals surface area contributed by atoms with Gasteiger partial charge in [0.15, 0.2) is 0 Å². The standard InChI is InChI=1S/C13H22N2OS/c1-15(2)8-5-9-16-12-6-4-7-13(17-3)11(12)10-14/h4,6-7H,5,8-10,14H2,1-3H3. The molecule has 0 saturated heterocycles. The summed E-state index contributed by atoms with van der Waals surface area (Å²) in [6, 6.07) is 6.10. The third kappa shape index (κ3) is 4.58. The number of thioether (sulfide) groups is 1. The third-order valence-electron chi connectivity index (χ3n) is 2.52. The van der Waals surface area contributed by atoms with Crippen LogP contribution in [0.4, 0.5) is 0 Å². The molecule has 96 valence electrons. The molecule has 0 fully saturated rings. The van der Waals surface area contributed by atoms with Crippen molar-refractivity contribution in [2.45, 2.75) is 17.9 Å². The highest BCUT2D eigenvalue weighted by Gasteiger charge is 2.07. The molecule has 17 heavy (non-hydrogen) atoms. The molecule has 0 spiro atoms. The Hall–Kier alpha value is -0.710. The Morgan fingerprint density at radius 2 is 2.12 bits per heavy atom. The van der Waals surface area contributed by atoms with Crippen LogP contribution in [-0.2, 0) is 6.54 Å². The monoisotopic (exact) mass is 254 g/mol. The van der Waals surface area contributed by atoms with Crippen LogP contribution in [-0.4, -0.2) is 38.4 Å².